The summed E-state index contributed by atoms with van der Waals surface area (Å²) in [6, 6.07) is 9.44. The van der Waals surface area contributed by atoms with E-state index in [1.807, 2.05) is 12.1 Å². The highest BCUT2D eigenvalue weighted by Gasteiger charge is 2.51. The van der Waals surface area contributed by atoms with Crippen molar-refractivity contribution in [3.05, 3.63) is 66.1 Å². The van der Waals surface area contributed by atoms with Crippen LogP contribution in [0.1, 0.15) is 35.0 Å². The molecule has 2 aliphatic rings. The molecule has 0 radical (unpaired) electrons. The number of halogens is 1. The number of carbonyl (C=O) groups excluding carboxylic acids is 1. The van der Waals surface area contributed by atoms with Crippen molar-refractivity contribution in [3.63, 3.8) is 0 Å². The highest BCUT2D eigenvalue weighted by Crippen LogP contribution is 2.49. The van der Waals surface area contributed by atoms with E-state index in [2.05, 4.69) is 15.2 Å². The van der Waals surface area contributed by atoms with Gasteiger partial charge in [-0.05, 0) is 43.2 Å². The molecule has 2 aliphatic heterocycles. The average molecular weight is 408 g/mol. The summed E-state index contributed by atoms with van der Waals surface area (Å²) in [4.78, 5) is 18.9. The van der Waals surface area contributed by atoms with Gasteiger partial charge in [0.05, 0.1) is 5.92 Å². The van der Waals surface area contributed by atoms with E-state index < -0.39 is 5.82 Å². The lowest BCUT2D eigenvalue weighted by Crippen LogP contribution is -2.37. The van der Waals surface area contributed by atoms with E-state index in [0.717, 1.165) is 18.4 Å². The molecule has 30 heavy (non-hydrogen) atoms. The van der Waals surface area contributed by atoms with Gasteiger partial charge in [-0.15, -0.1) is 10.2 Å². The van der Waals surface area contributed by atoms with Crippen LogP contribution in [0.2, 0.25) is 0 Å². The van der Waals surface area contributed by atoms with E-state index in [-0.39, 0.29) is 17.2 Å². The van der Waals surface area contributed by atoms with Gasteiger partial charge in [0.1, 0.15) is 5.82 Å². The summed E-state index contributed by atoms with van der Waals surface area (Å²) in [5.74, 6) is 0.262. The number of rotatable bonds is 3. The Morgan fingerprint density at radius 2 is 1.93 bits per heavy atom. The highest BCUT2D eigenvalue weighted by atomic mass is 19.1. The summed E-state index contributed by atoms with van der Waals surface area (Å²) in [7, 11) is 0. The number of hydrogen-bond donors (Lipinski definition) is 0. The zero-order chi connectivity index (χ0) is 20.6. The van der Waals surface area contributed by atoms with Crippen molar-refractivity contribution < 1.29 is 18.3 Å². The van der Waals surface area contributed by atoms with Gasteiger partial charge in [-0.1, -0.05) is 6.07 Å². The molecule has 7 nitrogen and oxygen atoms in total. The molecular formula is C22H21FN4O3. The van der Waals surface area contributed by atoms with Crippen LogP contribution in [-0.2, 0) is 4.74 Å². The van der Waals surface area contributed by atoms with Crippen LogP contribution < -0.4 is 0 Å². The summed E-state index contributed by atoms with van der Waals surface area (Å²) in [5.41, 5.74) is 0.958. The number of ether oxygens (including phenoxy) is 1. The maximum Gasteiger partial charge on any atom is 0.253 e. The third-order valence-electron chi connectivity index (χ3n) is 6.16. The van der Waals surface area contributed by atoms with E-state index in [1.54, 1.807) is 29.4 Å². The zero-order valence-corrected chi connectivity index (χ0v) is 16.3. The van der Waals surface area contributed by atoms with Gasteiger partial charge in [0, 0.05) is 55.2 Å². The SMILES string of the molecule is O=C(c1cccc(F)c1)N1CC(c2nnc(-c3ccncc3)o2)C2(CCOCC2)C1. The van der Waals surface area contributed by atoms with E-state index in [9.17, 15) is 9.18 Å². The van der Waals surface area contributed by atoms with Gasteiger partial charge in [-0.3, -0.25) is 9.78 Å². The van der Waals surface area contributed by atoms with Crippen LogP contribution in [0.15, 0.2) is 53.2 Å². The number of aromatic nitrogens is 3. The Kier molecular flexibility index (Phi) is 4.78. The van der Waals surface area contributed by atoms with Crippen LogP contribution >= 0.6 is 0 Å². The number of hydrogen-bond acceptors (Lipinski definition) is 6. The molecule has 8 heteroatoms. The van der Waals surface area contributed by atoms with Crippen LogP contribution in [0.25, 0.3) is 11.5 Å². The topological polar surface area (TPSA) is 81.4 Å². The predicted octanol–water partition coefficient (Wildman–Crippen LogP) is 3.31. The molecule has 2 saturated heterocycles. The molecule has 1 spiro atoms. The van der Waals surface area contributed by atoms with Crippen LogP contribution in [0, 0.1) is 11.2 Å². The lowest BCUT2D eigenvalue weighted by Gasteiger charge is -2.36. The number of nitrogens with zero attached hydrogens (tertiary/aromatic N) is 4. The minimum atomic E-state index is -0.420. The van der Waals surface area contributed by atoms with Gasteiger partial charge in [0.2, 0.25) is 11.8 Å². The van der Waals surface area contributed by atoms with Crippen molar-refractivity contribution in [1.82, 2.24) is 20.1 Å². The molecule has 0 bridgehead atoms. The molecule has 1 unspecified atom stereocenters. The molecule has 0 saturated carbocycles. The highest BCUT2D eigenvalue weighted by molar-refractivity contribution is 5.94. The largest absolute Gasteiger partial charge is 0.420 e. The molecule has 4 heterocycles. The first-order chi connectivity index (χ1) is 14.6. The van der Waals surface area contributed by atoms with Crippen LogP contribution in [-0.4, -0.2) is 52.3 Å². The van der Waals surface area contributed by atoms with Crippen molar-refractivity contribution in [3.8, 4) is 11.5 Å². The van der Waals surface area contributed by atoms with Crippen molar-refractivity contribution in [2.75, 3.05) is 26.3 Å². The molecule has 1 atom stereocenters. The first kappa shape index (κ1) is 18.9. The Morgan fingerprint density at radius 3 is 2.70 bits per heavy atom. The van der Waals surface area contributed by atoms with Gasteiger partial charge < -0.3 is 14.1 Å². The zero-order valence-electron chi connectivity index (χ0n) is 16.3. The fraction of sp³-hybridized carbons (Fsp3) is 0.364. The first-order valence-electron chi connectivity index (χ1n) is 10.0. The number of benzene rings is 1. The molecule has 2 fully saturated rings. The van der Waals surface area contributed by atoms with Crippen LogP contribution in [0.5, 0.6) is 0 Å². The predicted molar refractivity (Wildman–Crippen MR) is 105 cm³/mol. The molecule has 154 valence electrons. The van der Waals surface area contributed by atoms with Gasteiger partial charge >= 0.3 is 0 Å². The maximum absolute atomic E-state index is 13.6. The van der Waals surface area contributed by atoms with E-state index in [4.69, 9.17) is 9.15 Å². The molecule has 0 N–H and O–H groups in total. The minimum absolute atomic E-state index is 0.0954. The standard InChI is InChI=1S/C22H21FN4O3/c23-17-3-1-2-16(12-17)21(28)27-13-18(22(14-27)6-10-29-11-7-22)20-26-25-19(30-20)15-4-8-24-9-5-15/h1-5,8-9,12,18H,6-7,10-11,13-14H2. The second-order valence-corrected chi connectivity index (χ2v) is 7.90. The fourth-order valence-corrected chi connectivity index (χ4v) is 4.54. The maximum atomic E-state index is 13.6. The quantitative estimate of drug-likeness (QED) is 0.661. The number of likely N-dealkylation sites (tertiary alicyclic amines) is 1. The van der Waals surface area contributed by atoms with Gasteiger partial charge in [-0.2, -0.15) is 0 Å². The lowest BCUT2D eigenvalue weighted by atomic mass is 9.72. The van der Waals surface area contributed by atoms with Crippen LogP contribution in [0.3, 0.4) is 0 Å². The number of amides is 1. The van der Waals surface area contributed by atoms with Gasteiger partial charge in [-0.25, -0.2) is 4.39 Å². The molecule has 5 rings (SSSR count). The number of pyridine rings is 1. The Labute approximate surface area is 172 Å². The van der Waals surface area contributed by atoms with E-state index in [0.29, 0.717) is 43.6 Å². The Morgan fingerprint density at radius 1 is 1.13 bits per heavy atom. The minimum Gasteiger partial charge on any atom is -0.420 e. The second kappa shape index (κ2) is 7.60. The monoisotopic (exact) mass is 408 g/mol. The fourth-order valence-electron chi connectivity index (χ4n) is 4.54. The third-order valence-corrected chi connectivity index (χ3v) is 6.16. The Hall–Kier alpha value is -3.13. The summed E-state index contributed by atoms with van der Waals surface area (Å²) in [6.45, 7) is 2.27. The van der Waals surface area contributed by atoms with Crippen molar-refractivity contribution in [2.45, 2.75) is 18.8 Å². The Balaban J connectivity index is 1.46. The second-order valence-electron chi connectivity index (χ2n) is 7.90. The Bertz CT molecular complexity index is 1050. The molecule has 2 aromatic heterocycles. The smallest absolute Gasteiger partial charge is 0.253 e. The summed E-state index contributed by atoms with van der Waals surface area (Å²) in [6.07, 6.45) is 4.96. The summed E-state index contributed by atoms with van der Waals surface area (Å²) < 4.78 is 25.3. The molecule has 0 aliphatic carbocycles. The van der Waals surface area contributed by atoms with Crippen molar-refractivity contribution >= 4 is 5.91 Å². The lowest BCUT2D eigenvalue weighted by molar-refractivity contribution is 0.00908. The average Bonchev–Trinajstić information content (AvgIpc) is 3.40. The van der Waals surface area contributed by atoms with Gasteiger partial charge in [0.25, 0.3) is 5.91 Å². The number of carbonyl (C=O) groups is 1. The van der Waals surface area contributed by atoms with E-state index in [1.165, 1.54) is 12.1 Å². The third kappa shape index (κ3) is 3.37. The molecule has 3 aromatic rings. The summed E-state index contributed by atoms with van der Waals surface area (Å²) >= 11 is 0. The van der Waals surface area contributed by atoms with Crippen LogP contribution in [0.4, 0.5) is 4.39 Å². The molecular weight excluding hydrogens is 387 g/mol. The van der Waals surface area contributed by atoms with E-state index >= 15 is 0 Å². The first-order valence-corrected chi connectivity index (χ1v) is 10.0. The molecule has 1 amide bonds. The van der Waals surface area contributed by atoms with Crippen molar-refractivity contribution in [2.24, 2.45) is 5.41 Å². The van der Waals surface area contributed by atoms with Gasteiger partial charge in [0.15, 0.2) is 0 Å². The summed E-state index contributed by atoms with van der Waals surface area (Å²) in [5, 5.41) is 8.55. The molecule has 1 aromatic carbocycles. The normalized spacial score (nSPS) is 20.6. The van der Waals surface area contributed by atoms with Crippen molar-refractivity contribution in [1.29, 1.82) is 0 Å².